The van der Waals surface area contributed by atoms with Crippen LogP contribution in [0.25, 0.3) is 0 Å². The second-order valence-corrected chi connectivity index (χ2v) is 10.2. The Hall–Kier alpha value is -3.32. The second-order valence-electron chi connectivity index (χ2n) is 8.40. The number of sulfonamides is 1. The summed E-state index contributed by atoms with van der Waals surface area (Å²) in [5.74, 6) is -0.166. The van der Waals surface area contributed by atoms with Crippen molar-refractivity contribution in [3.63, 3.8) is 0 Å². The number of nitrogens with zero attached hydrogens (tertiary/aromatic N) is 1. The molecule has 172 valence electrons. The van der Waals surface area contributed by atoms with Gasteiger partial charge in [-0.15, -0.1) is 0 Å². The number of methoxy groups -OCH3 is 1. The molecule has 33 heavy (non-hydrogen) atoms. The zero-order valence-electron chi connectivity index (χ0n) is 19.3. The topological polar surface area (TPSA) is 75.7 Å². The maximum Gasteiger partial charge on any atom is 0.268 e. The van der Waals surface area contributed by atoms with Crippen LogP contribution in [0, 0.1) is 20.8 Å². The monoisotopic (exact) mass is 464 g/mol. The van der Waals surface area contributed by atoms with Gasteiger partial charge in [0.15, 0.2) is 0 Å². The van der Waals surface area contributed by atoms with Crippen molar-refractivity contribution >= 4 is 27.3 Å². The van der Waals surface area contributed by atoms with Gasteiger partial charge in [-0.3, -0.25) is 9.10 Å². The van der Waals surface area contributed by atoms with Gasteiger partial charge in [-0.25, -0.2) is 8.42 Å². The van der Waals surface area contributed by atoms with E-state index < -0.39 is 10.0 Å². The average Bonchev–Trinajstić information content (AvgIpc) is 2.80. The molecule has 1 N–H and O–H groups in total. The van der Waals surface area contributed by atoms with Gasteiger partial charge in [0.2, 0.25) is 0 Å². The number of anilines is 2. The highest BCUT2D eigenvalue weighted by Crippen LogP contribution is 2.35. The van der Waals surface area contributed by atoms with Gasteiger partial charge in [0, 0.05) is 17.8 Å². The lowest BCUT2D eigenvalue weighted by Gasteiger charge is -2.31. The molecule has 4 rings (SSSR count). The lowest BCUT2D eigenvalue weighted by molar-refractivity contribution is 0.102. The summed E-state index contributed by atoms with van der Waals surface area (Å²) in [4.78, 5) is 13.1. The van der Waals surface area contributed by atoms with Crippen LogP contribution < -0.4 is 14.4 Å². The van der Waals surface area contributed by atoms with Crippen molar-refractivity contribution in [3.8, 4) is 5.75 Å². The van der Waals surface area contributed by atoms with Gasteiger partial charge in [0.25, 0.3) is 15.9 Å². The maximum absolute atomic E-state index is 13.7. The predicted molar refractivity (Wildman–Crippen MR) is 131 cm³/mol. The van der Waals surface area contributed by atoms with Crippen LogP contribution in [0.4, 0.5) is 11.4 Å². The third-order valence-corrected chi connectivity index (χ3v) is 7.81. The van der Waals surface area contributed by atoms with E-state index in [1.807, 2.05) is 57.2 Å². The van der Waals surface area contributed by atoms with Crippen molar-refractivity contribution in [3.05, 3.63) is 82.4 Å². The maximum atomic E-state index is 13.7. The van der Waals surface area contributed by atoms with E-state index in [-0.39, 0.29) is 22.1 Å². The molecule has 0 spiro atoms. The fraction of sp³-hybridized carbons (Fsp3) is 0.269. The molecule has 0 saturated heterocycles. The van der Waals surface area contributed by atoms with Gasteiger partial charge < -0.3 is 10.1 Å². The summed E-state index contributed by atoms with van der Waals surface area (Å²) in [5.41, 5.74) is 5.66. The average molecular weight is 465 g/mol. The largest absolute Gasteiger partial charge is 0.495 e. The Morgan fingerprint density at radius 3 is 2.39 bits per heavy atom. The normalized spacial score (nSPS) is 13.4. The van der Waals surface area contributed by atoms with E-state index in [9.17, 15) is 13.2 Å². The van der Waals surface area contributed by atoms with Gasteiger partial charge in [-0.1, -0.05) is 35.9 Å². The Bertz CT molecular complexity index is 1310. The van der Waals surface area contributed by atoms with Crippen molar-refractivity contribution in [2.45, 2.75) is 38.5 Å². The molecule has 0 saturated carbocycles. The summed E-state index contributed by atoms with van der Waals surface area (Å²) in [6.07, 6.45) is 1.56. The van der Waals surface area contributed by atoms with E-state index in [4.69, 9.17) is 4.74 Å². The van der Waals surface area contributed by atoms with Crippen molar-refractivity contribution in [2.24, 2.45) is 0 Å². The standard InChI is InChI=1S/C26H28N2O4S/c1-17-14-18(2)25(19(3)15-17)27-26(29)21-11-12-23(32-4)24(16-21)33(30,31)28-13-7-9-20-8-5-6-10-22(20)28/h5-6,8,10-12,14-16H,7,9,13H2,1-4H3,(H,27,29). The quantitative estimate of drug-likeness (QED) is 0.576. The molecular formula is C26H28N2O4S. The zero-order chi connectivity index (χ0) is 23.8. The Labute approximate surface area is 195 Å². The molecule has 0 radical (unpaired) electrons. The fourth-order valence-corrected chi connectivity index (χ4v) is 6.18. The first-order chi connectivity index (χ1) is 15.7. The van der Waals surface area contributed by atoms with Crippen LogP contribution in [-0.2, 0) is 16.4 Å². The number of para-hydroxylation sites is 1. The molecule has 0 atom stereocenters. The summed E-state index contributed by atoms with van der Waals surface area (Å²) in [5, 5.41) is 2.95. The van der Waals surface area contributed by atoms with E-state index in [0.29, 0.717) is 12.2 Å². The molecule has 0 unspecified atom stereocenters. The fourth-order valence-electron chi connectivity index (χ4n) is 4.45. The van der Waals surface area contributed by atoms with Crippen LogP contribution in [0.1, 0.15) is 39.0 Å². The molecule has 0 bridgehead atoms. The molecule has 1 heterocycles. The van der Waals surface area contributed by atoms with E-state index in [2.05, 4.69) is 5.32 Å². The van der Waals surface area contributed by atoms with Crippen LogP contribution >= 0.6 is 0 Å². The van der Waals surface area contributed by atoms with E-state index in [1.165, 1.54) is 23.5 Å². The number of benzene rings is 3. The first kappa shape index (κ1) is 22.9. The smallest absolute Gasteiger partial charge is 0.268 e. The third kappa shape index (κ3) is 4.33. The Morgan fingerprint density at radius 2 is 1.70 bits per heavy atom. The minimum Gasteiger partial charge on any atom is -0.495 e. The van der Waals surface area contributed by atoms with Gasteiger partial charge >= 0.3 is 0 Å². The minimum atomic E-state index is -3.94. The van der Waals surface area contributed by atoms with Gasteiger partial charge in [0.1, 0.15) is 10.6 Å². The molecule has 3 aromatic rings. The van der Waals surface area contributed by atoms with Crippen molar-refractivity contribution in [2.75, 3.05) is 23.3 Å². The number of rotatable bonds is 5. The molecule has 0 fully saturated rings. The molecule has 1 aliphatic rings. The number of hydrogen-bond acceptors (Lipinski definition) is 4. The molecular weight excluding hydrogens is 436 g/mol. The van der Waals surface area contributed by atoms with Crippen LogP contribution in [-0.4, -0.2) is 28.0 Å². The number of aryl methyl sites for hydroxylation is 4. The molecule has 3 aromatic carbocycles. The summed E-state index contributed by atoms with van der Waals surface area (Å²) < 4.78 is 34.2. The summed E-state index contributed by atoms with van der Waals surface area (Å²) in [6.45, 7) is 6.26. The van der Waals surface area contributed by atoms with Crippen LogP contribution in [0.15, 0.2) is 59.5 Å². The van der Waals surface area contributed by atoms with E-state index >= 15 is 0 Å². The Kier molecular flexibility index (Phi) is 6.17. The second kappa shape index (κ2) is 8.90. The highest BCUT2D eigenvalue weighted by molar-refractivity contribution is 7.93. The Balaban J connectivity index is 1.73. The van der Waals surface area contributed by atoms with Crippen molar-refractivity contribution in [1.29, 1.82) is 0 Å². The highest BCUT2D eigenvalue weighted by Gasteiger charge is 2.32. The number of carbonyl (C=O) groups is 1. The van der Waals surface area contributed by atoms with Crippen molar-refractivity contribution < 1.29 is 17.9 Å². The van der Waals surface area contributed by atoms with Crippen LogP contribution in [0.2, 0.25) is 0 Å². The van der Waals surface area contributed by atoms with Crippen LogP contribution in [0.3, 0.4) is 0 Å². The predicted octanol–water partition coefficient (Wildman–Crippen LogP) is 5.01. The number of fused-ring (bicyclic) bond motifs is 1. The number of hydrogen-bond donors (Lipinski definition) is 1. The molecule has 0 aromatic heterocycles. The van der Waals surface area contributed by atoms with E-state index in [0.717, 1.165) is 40.8 Å². The summed E-state index contributed by atoms with van der Waals surface area (Å²) >= 11 is 0. The third-order valence-electron chi connectivity index (χ3n) is 5.98. The molecule has 0 aliphatic carbocycles. The van der Waals surface area contributed by atoms with E-state index in [1.54, 1.807) is 6.07 Å². The van der Waals surface area contributed by atoms with Gasteiger partial charge in [-0.2, -0.15) is 0 Å². The first-order valence-electron chi connectivity index (χ1n) is 10.9. The highest BCUT2D eigenvalue weighted by atomic mass is 32.2. The molecule has 6 nitrogen and oxygen atoms in total. The lowest BCUT2D eigenvalue weighted by Crippen LogP contribution is -2.35. The summed E-state index contributed by atoms with van der Waals surface area (Å²) in [7, 11) is -2.51. The molecule has 7 heteroatoms. The van der Waals surface area contributed by atoms with Crippen molar-refractivity contribution in [1.82, 2.24) is 0 Å². The number of carbonyl (C=O) groups excluding carboxylic acids is 1. The number of nitrogens with one attached hydrogen (secondary N) is 1. The molecule has 1 aliphatic heterocycles. The number of amides is 1. The number of ether oxygens (including phenoxy) is 1. The summed E-state index contributed by atoms with van der Waals surface area (Å²) in [6, 6.07) is 16.0. The van der Waals surface area contributed by atoms with Gasteiger partial charge in [0.05, 0.1) is 12.8 Å². The van der Waals surface area contributed by atoms with Gasteiger partial charge in [-0.05, 0) is 74.6 Å². The van der Waals surface area contributed by atoms with Crippen LogP contribution in [0.5, 0.6) is 5.75 Å². The Morgan fingerprint density at radius 1 is 1.00 bits per heavy atom. The zero-order valence-corrected chi connectivity index (χ0v) is 20.1. The first-order valence-corrected chi connectivity index (χ1v) is 12.3. The minimum absolute atomic E-state index is 0.0216. The SMILES string of the molecule is COc1ccc(C(=O)Nc2c(C)cc(C)cc2C)cc1S(=O)(=O)N1CCCc2ccccc21. The lowest BCUT2D eigenvalue weighted by atomic mass is 10.0. The molecule has 1 amide bonds.